The Hall–Kier alpha value is -1.59. The Bertz CT molecular complexity index is 966. The summed E-state index contributed by atoms with van der Waals surface area (Å²) >= 11 is 0. The Morgan fingerprint density at radius 2 is 0.547 bits per heavy atom. The number of hydrogen-bond acceptors (Lipinski definition) is 6. The van der Waals surface area contributed by atoms with E-state index in [4.69, 9.17) is 14.2 Å². The topological polar surface area (TPSA) is 78.9 Å². The molecular weight excluding hydrogens is 793 g/mol. The van der Waals surface area contributed by atoms with E-state index in [2.05, 4.69) is 27.7 Å². The van der Waals surface area contributed by atoms with Crippen molar-refractivity contribution in [3.05, 3.63) is 0 Å². The molecular formula is C58H112O6. The van der Waals surface area contributed by atoms with Gasteiger partial charge in [0.1, 0.15) is 13.2 Å². The summed E-state index contributed by atoms with van der Waals surface area (Å²) in [5.74, 6) is 0.0574. The number of carbonyl (C=O) groups is 3. The lowest BCUT2D eigenvalue weighted by molar-refractivity contribution is -0.167. The average Bonchev–Trinajstić information content (AvgIpc) is 3.29. The fourth-order valence-corrected chi connectivity index (χ4v) is 8.89. The maximum absolute atomic E-state index is 12.8. The van der Waals surface area contributed by atoms with Crippen molar-refractivity contribution >= 4 is 17.9 Å². The molecule has 0 aromatic heterocycles. The summed E-state index contributed by atoms with van der Waals surface area (Å²) in [7, 11) is 0. The number of esters is 3. The molecule has 0 saturated carbocycles. The minimum absolute atomic E-state index is 0.0632. The second-order valence-corrected chi connectivity index (χ2v) is 20.2. The first kappa shape index (κ1) is 62.4. The predicted octanol–water partition coefficient (Wildman–Crippen LogP) is 19.0. The smallest absolute Gasteiger partial charge is 0.306 e. The number of ether oxygens (including phenoxy) is 3. The fraction of sp³-hybridized carbons (Fsp3) is 0.948. The van der Waals surface area contributed by atoms with Crippen LogP contribution in [-0.4, -0.2) is 37.2 Å². The highest BCUT2D eigenvalue weighted by molar-refractivity contribution is 5.71. The number of carbonyl (C=O) groups excluding carboxylic acids is 3. The zero-order chi connectivity index (χ0) is 46.7. The van der Waals surface area contributed by atoms with E-state index in [1.807, 2.05) is 0 Å². The second-order valence-electron chi connectivity index (χ2n) is 20.2. The maximum atomic E-state index is 12.8. The molecule has 0 bridgehead atoms. The molecule has 0 heterocycles. The standard InChI is InChI=1S/C58H112O6/c1-5-8-10-12-13-14-15-16-17-18-19-24-27-30-33-36-39-43-47-51-58(61)64-55(52-62-56(59)49-45-40-11-9-6-2)53-63-57(60)50-46-42-38-35-32-29-26-23-21-20-22-25-28-31-34-37-41-44-48-54(4)7-3/h54-55H,5-53H2,1-4H3/t54?,55-/m0/s1. The van der Waals surface area contributed by atoms with Crippen molar-refractivity contribution < 1.29 is 28.6 Å². The summed E-state index contributed by atoms with van der Waals surface area (Å²) in [6, 6.07) is 0. The molecule has 0 N–H and O–H groups in total. The van der Waals surface area contributed by atoms with Crippen LogP contribution in [0.25, 0.3) is 0 Å². The molecule has 0 aliphatic heterocycles. The summed E-state index contributed by atoms with van der Waals surface area (Å²) in [4.78, 5) is 37.8. The van der Waals surface area contributed by atoms with Crippen LogP contribution in [0.4, 0.5) is 0 Å². The molecule has 0 spiro atoms. The van der Waals surface area contributed by atoms with E-state index in [9.17, 15) is 14.4 Å². The largest absolute Gasteiger partial charge is 0.462 e. The molecule has 0 aromatic carbocycles. The second kappa shape index (κ2) is 52.4. The van der Waals surface area contributed by atoms with E-state index < -0.39 is 6.10 Å². The van der Waals surface area contributed by atoms with Gasteiger partial charge in [0.05, 0.1) is 0 Å². The van der Waals surface area contributed by atoms with Crippen molar-refractivity contribution in [1.29, 1.82) is 0 Å². The molecule has 380 valence electrons. The molecule has 0 rings (SSSR count). The van der Waals surface area contributed by atoms with Crippen LogP contribution >= 0.6 is 0 Å². The summed E-state index contributed by atoms with van der Waals surface area (Å²) < 4.78 is 16.7. The Morgan fingerprint density at radius 1 is 0.312 bits per heavy atom. The monoisotopic (exact) mass is 905 g/mol. The minimum Gasteiger partial charge on any atom is -0.462 e. The molecule has 6 nitrogen and oxygen atoms in total. The van der Waals surface area contributed by atoms with Gasteiger partial charge in [0.15, 0.2) is 6.10 Å². The first-order valence-electron chi connectivity index (χ1n) is 28.9. The van der Waals surface area contributed by atoms with E-state index in [-0.39, 0.29) is 31.1 Å². The molecule has 0 aromatic rings. The van der Waals surface area contributed by atoms with Gasteiger partial charge in [-0.15, -0.1) is 0 Å². The van der Waals surface area contributed by atoms with Crippen LogP contribution in [0.15, 0.2) is 0 Å². The van der Waals surface area contributed by atoms with Gasteiger partial charge in [0.2, 0.25) is 0 Å². The maximum Gasteiger partial charge on any atom is 0.306 e. The van der Waals surface area contributed by atoms with E-state index in [0.29, 0.717) is 19.3 Å². The van der Waals surface area contributed by atoms with Gasteiger partial charge in [0, 0.05) is 19.3 Å². The molecule has 64 heavy (non-hydrogen) atoms. The van der Waals surface area contributed by atoms with Crippen LogP contribution < -0.4 is 0 Å². The van der Waals surface area contributed by atoms with Crippen LogP contribution in [0.5, 0.6) is 0 Å². The first-order chi connectivity index (χ1) is 31.4. The van der Waals surface area contributed by atoms with E-state index in [0.717, 1.165) is 70.1 Å². The van der Waals surface area contributed by atoms with Crippen molar-refractivity contribution in [3.63, 3.8) is 0 Å². The van der Waals surface area contributed by atoms with Crippen molar-refractivity contribution in [3.8, 4) is 0 Å². The first-order valence-corrected chi connectivity index (χ1v) is 28.9. The molecule has 0 saturated heterocycles. The molecule has 0 amide bonds. The zero-order valence-electron chi connectivity index (χ0n) is 43.8. The summed E-state index contributed by atoms with van der Waals surface area (Å²) in [5.41, 5.74) is 0. The molecule has 0 aliphatic carbocycles. The Labute approximate surface area is 399 Å². The Balaban J connectivity index is 4.02. The molecule has 0 radical (unpaired) electrons. The predicted molar refractivity (Wildman–Crippen MR) is 275 cm³/mol. The molecule has 1 unspecified atom stereocenters. The van der Waals surface area contributed by atoms with Crippen LogP contribution in [0.3, 0.4) is 0 Å². The third-order valence-electron chi connectivity index (χ3n) is 13.7. The number of hydrogen-bond donors (Lipinski definition) is 0. The summed E-state index contributed by atoms with van der Waals surface area (Å²) in [6.45, 7) is 9.02. The lowest BCUT2D eigenvalue weighted by Crippen LogP contribution is -2.30. The van der Waals surface area contributed by atoms with Gasteiger partial charge in [-0.2, -0.15) is 0 Å². The Morgan fingerprint density at radius 3 is 0.812 bits per heavy atom. The van der Waals surface area contributed by atoms with Gasteiger partial charge in [-0.1, -0.05) is 291 Å². The minimum atomic E-state index is -0.759. The third kappa shape index (κ3) is 49.8. The van der Waals surface area contributed by atoms with Gasteiger partial charge >= 0.3 is 17.9 Å². The highest BCUT2D eigenvalue weighted by Gasteiger charge is 2.19. The van der Waals surface area contributed by atoms with Crippen LogP contribution in [0.2, 0.25) is 0 Å². The van der Waals surface area contributed by atoms with Crippen molar-refractivity contribution in [2.75, 3.05) is 13.2 Å². The zero-order valence-corrected chi connectivity index (χ0v) is 43.8. The molecule has 6 heteroatoms. The van der Waals surface area contributed by atoms with Crippen LogP contribution in [-0.2, 0) is 28.6 Å². The lowest BCUT2D eigenvalue weighted by atomic mass is 9.99. The van der Waals surface area contributed by atoms with E-state index >= 15 is 0 Å². The fourth-order valence-electron chi connectivity index (χ4n) is 8.89. The Kier molecular flexibility index (Phi) is 51.1. The van der Waals surface area contributed by atoms with Gasteiger partial charge < -0.3 is 14.2 Å². The van der Waals surface area contributed by atoms with Crippen LogP contribution in [0, 0.1) is 5.92 Å². The normalized spacial score (nSPS) is 12.4. The average molecular weight is 906 g/mol. The third-order valence-corrected chi connectivity index (χ3v) is 13.7. The molecule has 0 fully saturated rings. The number of unbranched alkanes of at least 4 members (excludes halogenated alkanes) is 39. The molecule has 0 aliphatic rings. The molecule has 2 atom stereocenters. The highest BCUT2D eigenvalue weighted by Crippen LogP contribution is 2.18. The van der Waals surface area contributed by atoms with E-state index in [1.165, 1.54) is 218 Å². The lowest BCUT2D eigenvalue weighted by Gasteiger charge is -2.18. The van der Waals surface area contributed by atoms with Gasteiger partial charge in [0.25, 0.3) is 0 Å². The van der Waals surface area contributed by atoms with E-state index in [1.54, 1.807) is 0 Å². The van der Waals surface area contributed by atoms with Gasteiger partial charge in [-0.25, -0.2) is 0 Å². The SMILES string of the molecule is CCCCCCCCCCCCCCCCCCCCCC(=O)O[C@@H](COC(=O)CCCCCCC)COC(=O)CCCCCCCCCCCCCCCCCCCCC(C)CC. The van der Waals surface area contributed by atoms with Crippen LogP contribution in [0.1, 0.15) is 329 Å². The quantitative estimate of drug-likeness (QED) is 0.0344. The highest BCUT2D eigenvalue weighted by atomic mass is 16.6. The van der Waals surface area contributed by atoms with Crippen molar-refractivity contribution in [2.24, 2.45) is 5.92 Å². The summed E-state index contributed by atoms with van der Waals surface area (Å²) in [5, 5.41) is 0. The number of rotatable bonds is 53. The van der Waals surface area contributed by atoms with Gasteiger partial charge in [-0.3, -0.25) is 14.4 Å². The van der Waals surface area contributed by atoms with Gasteiger partial charge in [-0.05, 0) is 25.2 Å². The summed E-state index contributed by atoms with van der Waals surface area (Å²) in [6.07, 6.45) is 57.1. The van der Waals surface area contributed by atoms with Crippen molar-refractivity contribution in [1.82, 2.24) is 0 Å². The van der Waals surface area contributed by atoms with Crippen molar-refractivity contribution in [2.45, 2.75) is 336 Å².